The topological polar surface area (TPSA) is 70.5 Å². The third kappa shape index (κ3) is 5.95. The highest BCUT2D eigenvalue weighted by atomic mass is 16.4. The number of pyridine rings is 1. The summed E-state index contributed by atoms with van der Waals surface area (Å²) in [6.07, 6.45) is 11.5. The molecule has 1 saturated carbocycles. The van der Waals surface area contributed by atoms with Crippen molar-refractivity contribution in [3.8, 4) is 11.1 Å². The Kier molecular flexibility index (Phi) is 7.30. The van der Waals surface area contributed by atoms with Crippen LogP contribution >= 0.6 is 0 Å². The lowest BCUT2D eigenvalue weighted by atomic mass is 9.88. The molecule has 0 aliphatic heterocycles. The molecule has 0 unspecified atom stereocenters. The number of carboxylic acids is 1. The van der Waals surface area contributed by atoms with Crippen molar-refractivity contribution in [3.63, 3.8) is 0 Å². The van der Waals surface area contributed by atoms with Crippen LogP contribution in [0, 0.1) is 5.92 Å². The predicted molar refractivity (Wildman–Crippen MR) is 131 cm³/mol. The van der Waals surface area contributed by atoms with Crippen LogP contribution < -0.4 is 4.90 Å². The Labute approximate surface area is 194 Å². The van der Waals surface area contributed by atoms with E-state index < -0.39 is 5.97 Å². The molecule has 33 heavy (non-hydrogen) atoms. The molecule has 0 spiro atoms. The predicted octanol–water partition coefficient (Wildman–Crippen LogP) is 5.96. The van der Waals surface area contributed by atoms with Gasteiger partial charge in [0.25, 0.3) is 0 Å². The summed E-state index contributed by atoms with van der Waals surface area (Å²) in [6, 6.07) is 19.7. The molecule has 0 atom stereocenters. The van der Waals surface area contributed by atoms with Gasteiger partial charge in [-0.3, -0.25) is 9.78 Å². The lowest BCUT2D eigenvalue weighted by Gasteiger charge is -2.30. The Balaban J connectivity index is 1.61. The van der Waals surface area contributed by atoms with Gasteiger partial charge in [0.1, 0.15) is 0 Å². The first kappa shape index (κ1) is 22.5. The molecule has 1 fully saturated rings. The second-order valence-electron chi connectivity index (χ2n) is 8.46. The molecule has 168 valence electrons. The van der Waals surface area contributed by atoms with Crippen LogP contribution in [-0.4, -0.2) is 22.0 Å². The van der Waals surface area contributed by atoms with Crippen molar-refractivity contribution in [2.24, 2.45) is 5.92 Å². The number of carbonyl (C=O) groups is 2. The van der Waals surface area contributed by atoms with Crippen molar-refractivity contribution in [3.05, 3.63) is 90.3 Å². The number of nitrogens with zero attached hydrogens (tertiary/aromatic N) is 2. The van der Waals surface area contributed by atoms with Gasteiger partial charge in [-0.05, 0) is 59.4 Å². The maximum absolute atomic E-state index is 13.6. The standard InChI is InChI=1S/C28H28N2O3/c31-27(32)16-13-21-6-4-10-26(18-21)30(28(33)24-7-2-1-3-8-24)20-22-11-14-23(15-12-22)25-9-5-17-29-19-25/h4-6,9-19,24H,1-3,7-8,20H2,(H,31,32). The van der Waals surface area contributed by atoms with Gasteiger partial charge in [0, 0.05) is 30.1 Å². The number of hydrogen-bond donors (Lipinski definition) is 1. The third-order valence-corrected chi connectivity index (χ3v) is 6.11. The summed E-state index contributed by atoms with van der Waals surface area (Å²) in [5.41, 5.74) is 4.71. The minimum Gasteiger partial charge on any atom is -0.478 e. The highest BCUT2D eigenvalue weighted by Crippen LogP contribution is 2.30. The highest BCUT2D eigenvalue weighted by molar-refractivity contribution is 5.95. The number of aromatic nitrogens is 1. The van der Waals surface area contributed by atoms with Crippen LogP contribution in [0.5, 0.6) is 0 Å². The Morgan fingerprint density at radius 3 is 2.45 bits per heavy atom. The number of carbonyl (C=O) groups excluding carboxylic acids is 1. The quantitative estimate of drug-likeness (QED) is 0.460. The van der Waals surface area contributed by atoms with Crippen molar-refractivity contribution in [2.45, 2.75) is 38.6 Å². The van der Waals surface area contributed by atoms with Crippen LogP contribution in [0.2, 0.25) is 0 Å². The van der Waals surface area contributed by atoms with E-state index in [-0.39, 0.29) is 11.8 Å². The number of anilines is 1. The largest absolute Gasteiger partial charge is 0.478 e. The number of benzene rings is 2. The Morgan fingerprint density at radius 2 is 1.76 bits per heavy atom. The van der Waals surface area contributed by atoms with Crippen molar-refractivity contribution in [1.82, 2.24) is 4.98 Å². The Hall–Kier alpha value is -3.73. The summed E-state index contributed by atoms with van der Waals surface area (Å²) in [4.78, 5) is 30.5. The van der Waals surface area contributed by atoms with E-state index in [2.05, 4.69) is 29.2 Å². The van der Waals surface area contributed by atoms with Crippen LogP contribution in [-0.2, 0) is 16.1 Å². The molecule has 3 aromatic rings. The third-order valence-electron chi connectivity index (χ3n) is 6.11. The van der Waals surface area contributed by atoms with Crippen molar-refractivity contribution in [2.75, 3.05) is 4.90 Å². The van der Waals surface area contributed by atoms with Gasteiger partial charge in [-0.2, -0.15) is 0 Å². The Bertz CT molecular complexity index is 1120. The van der Waals surface area contributed by atoms with E-state index in [0.717, 1.165) is 59.7 Å². The molecule has 1 amide bonds. The van der Waals surface area contributed by atoms with Gasteiger partial charge in [0.15, 0.2) is 0 Å². The molecule has 4 rings (SSSR count). The molecule has 1 aliphatic rings. The number of amides is 1. The van der Waals surface area contributed by atoms with E-state index in [0.29, 0.717) is 6.54 Å². The maximum atomic E-state index is 13.6. The van der Waals surface area contributed by atoms with Crippen LogP contribution in [0.4, 0.5) is 5.69 Å². The molecule has 5 nitrogen and oxygen atoms in total. The number of rotatable bonds is 7. The van der Waals surface area contributed by atoms with Crippen molar-refractivity contribution in [1.29, 1.82) is 0 Å². The molecular weight excluding hydrogens is 412 g/mol. The molecule has 0 radical (unpaired) electrons. The monoisotopic (exact) mass is 440 g/mol. The van der Waals surface area contributed by atoms with Crippen LogP contribution in [0.15, 0.2) is 79.1 Å². The smallest absolute Gasteiger partial charge is 0.328 e. The fraction of sp³-hybridized carbons (Fsp3) is 0.250. The first-order valence-corrected chi connectivity index (χ1v) is 11.4. The van der Waals surface area contributed by atoms with Crippen LogP contribution in [0.25, 0.3) is 17.2 Å². The second-order valence-corrected chi connectivity index (χ2v) is 8.46. The molecule has 0 saturated heterocycles. The summed E-state index contributed by atoms with van der Waals surface area (Å²) in [6.45, 7) is 0.467. The lowest BCUT2D eigenvalue weighted by molar-refractivity contribution is -0.131. The van der Waals surface area contributed by atoms with E-state index in [9.17, 15) is 9.59 Å². The van der Waals surface area contributed by atoms with E-state index in [1.54, 1.807) is 12.3 Å². The minimum absolute atomic E-state index is 0.0339. The summed E-state index contributed by atoms with van der Waals surface area (Å²) in [5, 5.41) is 8.96. The van der Waals surface area contributed by atoms with Gasteiger partial charge in [-0.1, -0.05) is 61.7 Å². The molecule has 2 aromatic carbocycles. The molecule has 1 aromatic heterocycles. The zero-order valence-electron chi connectivity index (χ0n) is 18.6. The van der Waals surface area contributed by atoms with E-state index in [4.69, 9.17) is 5.11 Å². The highest BCUT2D eigenvalue weighted by Gasteiger charge is 2.27. The fourth-order valence-corrected chi connectivity index (χ4v) is 4.35. The first-order valence-electron chi connectivity index (χ1n) is 11.4. The van der Waals surface area contributed by atoms with Crippen LogP contribution in [0.3, 0.4) is 0 Å². The second kappa shape index (κ2) is 10.7. The molecule has 0 bridgehead atoms. The first-order chi connectivity index (χ1) is 16.1. The van der Waals surface area contributed by atoms with Gasteiger partial charge >= 0.3 is 5.97 Å². The normalized spacial score (nSPS) is 14.3. The SMILES string of the molecule is O=C(O)C=Cc1cccc(N(Cc2ccc(-c3cccnc3)cc2)C(=O)C2CCCCC2)c1. The molecule has 1 heterocycles. The van der Waals surface area contributed by atoms with E-state index in [1.807, 2.05) is 47.5 Å². The van der Waals surface area contributed by atoms with Crippen LogP contribution in [0.1, 0.15) is 43.2 Å². The number of carboxylic acid groups (broad SMARTS) is 1. The molecular formula is C28H28N2O3. The minimum atomic E-state index is -0.996. The summed E-state index contributed by atoms with van der Waals surface area (Å²) < 4.78 is 0. The average Bonchev–Trinajstić information content (AvgIpc) is 2.87. The number of hydrogen-bond acceptors (Lipinski definition) is 3. The number of aliphatic carboxylic acids is 1. The van der Waals surface area contributed by atoms with E-state index >= 15 is 0 Å². The zero-order chi connectivity index (χ0) is 23.0. The maximum Gasteiger partial charge on any atom is 0.328 e. The Morgan fingerprint density at radius 1 is 0.970 bits per heavy atom. The van der Waals surface area contributed by atoms with Gasteiger partial charge in [-0.15, -0.1) is 0 Å². The lowest BCUT2D eigenvalue weighted by Crippen LogP contribution is -2.36. The molecule has 1 N–H and O–H groups in total. The van der Waals surface area contributed by atoms with Crippen molar-refractivity contribution < 1.29 is 14.7 Å². The molecule has 1 aliphatic carbocycles. The van der Waals surface area contributed by atoms with Crippen molar-refractivity contribution >= 4 is 23.6 Å². The summed E-state index contributed by atoms with van der Waals surface area (Å²) in [5.74, 6) is -0.818. The summed E-state index contributed by atoms with van der Waals surface area (Å²) in [7, 11) is 0. The summed E-state index contributed by atoms with van der Waals surface area (Å²) >= 11 is 0. The van der Waals surface area contributed by atoms with Gasteiger partial charge in [-0.25, -0.2) is 4.79 Å². The molecule has 5 heteroatoms. The fourth-order valence-electron chi connectivity index (χ4n) is 4.35. The van der Waals surface area contributed by atoms with Gasteiger partial charge in [0.05, 0.1) is 6.54 Å². The van der Waals surface area contributed by atoms with Gasteiger partial charge in [0.2, 0.25) is 5.91 Å². The van der Waals surface area contributed by atoms with E-state index in [1.165, 1.54) is 6.42 Å². The zero-order valence-corrected chi connectivity index (χ0v) is 18.6. The van der Waals surface area contributed by atoms with Gasteiger partial charge < -0.3 is 10.0 Å². The average molecular weight is 441 g/mol.